The number of rotatable bonds is 3. The maximum atomic E-state index is 12.7. The predicted octanol–water partition coefficient (Wildman–Crippen LogP) is 0.532. The van der Waals surface area contributed by atoms with Crippen molar-refractivity contribution >= 4 is 10.0 Å². The summed E-state index contributed by atoms with van der Waals surface area (Å²) < 4.78 is 32.8. The summed E-state index contributed by atoms with van der Waals surface area (Å²) in [6, 6.07) is 9.30. The molecule has 2 atom stereocenters. The van der Waals surface area contributed by atoms with Gasteiger partial charge in [-0.05, 0) is 26.0 Å². The third kappa shape index (κ3) is 3.76. The molecular formula is C17H27N2O3S+. The molecule has 2 unspecified atom stereocenters. The smallest absolute Gasteiger partial charge is 0.243 e. The molecule has 0 spiro atoms. The second kappa shape index (κ2) is 6.89. The molecule has 0 bridgehead atoms. The number of hydrogen-bond acceptors (Lipinski definition) is 3. The Morgan fingerprint density at radius 3 is 2.17 bits per heavy atom. The van der Waals surface area contributed by atoms with Gasteiger partial charge in [0.1, 0.15) is 25.3 Å². The van der Waals surface area contributed by atoms with Crippen LogP contribution in [0.15, 0.2) is 35.2 Å². The molecule has 0 amide bonds. The van der Waals surface area contributed by atoms with Crippen LogP contribution in [-0.2, 0) is 14.8 Å². The lowest BCUT2D eigenvalue weighted by molar-refractivity contribution is -0.940. The van der Waals surface area contributed by atoms with Crippen molar-refractivity contribution in [3.63, 3.8) is 0 Å². The lowest BCUT2D eigenvalue weighted by Gasteiger charge is -2.40. The highest BCUT2D eigenvalue weighted by atomic mass is 32.2. The number of piperidine rings is 1. The second-order valence-corrected chi connectivity index (χ2v) is 8.75. The zero-order valence-electron chi connectivity index (χ0n) is 13.9. The summed E-state index contributed by atoms with van der Waals surface area (Å²) in [4.78, 5) is 1.98. The van der Waals surface area contributed by atoms with Crippen molar-refractivity contribution < 1.29 is 18.1 Å². The van der Waals surface area contributed by atoms with E-state index < -0.39 is 10.0 Å². The molecule has 128 valence electrons. The molecule has 0 radical (unpaired) electrons. The number of morpholine rings is 1. The summed E-state index contributed by atoms with van der Waals surface area (Å²) in [6.45, 7) is 7.56. The third-order valence-electron chi connectivity index (χ3n) is 4.98. The van der Waals surface area contributed by atoms with Gasteiger partial charge in [-0.2, -0.15) is 4.31 Å². The van der Waals surface area contributed by atoms with Gasteiger partial charge in [-0.1, -0.05) is 18.2 Å². The van der Waals surface area contributed by atoms with Gasteiger partial charge < -0.3 is 9.64 Å². The van der Waals surface area contributed by atoms with Gasteiger partial charge in [0.05, 0.1) is 10.9 Å². The molecule has 6 heteroatoms. The number of sulfonamides is 1. The molecule has 2 saturated heterocycles. The Bertz CT molecular complexity index is 602. The molecule has 2 fully saturated rings. The van der Waals surface area contributed by atoms with Gasteiger partial charge in [0, 0.05) is 25.9 Å². The van der Waals surface area contributed by atoms with Gasteiger partial charge in [0.15, 0.2) is 0 Å². The average molecular weight is 339 g/mol. The molecule has 1 N–H and O–H groups in total. The Kier molecular flexibility index (Phi) is 5.06. The topological polar surface area (TPSA) is 51.0 Å². The van der Waals surface area contributed by atoms with E-state index in [9.17, 15) is 8.42 Å². The van der Waals surface area contributed by atoms with Gasteiger partial charge in [-0.25, -0.2) is 8.42 Å². The monoisotopic (exact) mass is 339 g/mol. The van der Waals surface area contributed by atoms with Crippen molar-refractivity contribution in [3.8, 4) is 0 Å². The summed E-state index contributed by atoms with van der Waals surface area (Å²) in [6.07, 6.45) is 2.45. The van der Waals surface area contributed by atoms with Crippen LogP contribution in [0.2, 0.25) is 0 Å². The van der Waals surface area contributed by atoms with E-state index in [0.717, 1.165) is 25.9 Å². The van der Waals surface area contributed by atoms with Gasteiger partial charge in [0.2, 0.25) is 10.0 Å². The minimum atomic E-state index is -3.34. The molecule has 0 saturated carbocycles. The van der Waals surface area contributed by atoms with Crippen LogP contribution in [0.4, 0.5) is 0 Å². The molecule has 0 aromatic heterocycles. The minimum absolute atomic E-state index is 0.292. The summed E-state index contributed by atoms with van der Waals surface area (Å²) >= 11 is 0. The van der Waals surface area contributed by atoms with Gasteiger partial charge in [-0.15, -0.1) is 0 Å². The fraction of sp³-hybridized carbons (Fsp3) is 0.647. The first-order valence-electron chi connectivity index (χ1n) is 8.52. The lowest BCUT2D eigenvalue weighted by Crippen LogP contribution is -3.19. The molecule has 5 nitrogen and oxygen atoms in total. The Morgan fingerprint density at radius 1 is 1.04 bits per heavy atom. The minimum Gasteiger partial charge on any atom is -0.364 e. The van der Waals surface area contributed by atoms with E-state index in [4.69, 9.17) is 4.74 Å². The number of nitrogens with one attached hydrogen (secondary N) is 1. The van der Waals surface area contributed by atoms with Crippen molar-refractivity contribution in [2.24, 2.45) is 0 Å². The van der Waals surface area contributed by atoms with E-state index in [1.54, 1.807) is 33.5 Å². The van der Waals surface area contributed by atoms with Crippen molar-refractivity contribution in [1.29, 1.82) is 0 Å². The summed E-state index contributed by atoms with van der Waals surface area (Å²) in [5.41, 5.74) is 0. The first kappa shape index (κ1) is 16.9. The first-order valence-corrected chi connectivity index (χ1v) is 9.96. The van der Waals surface area contributed by atoms with Gasteiger partial charge in [0.25, 0.3) is 0 Å². The number of quaternary nitrogens is 1. The number of nitrogens with zero attached hydrogens (tertiary/aromatic N) is 1. The normalized spacial score (nSPS) is 31.1. The van der Waals surface area contributed by atoms with Gasteiger partial charge in [-0.3, -0.25) is 0 Å². The van der Waals surface area contributed by atoms with Crippen LogP contribution < -0.4 is 4.90 Å². The van der Waals surface area contributed by atoms with Crippen LogP contribution in [0.5, 0.6) is 0 Å². The number of hydrogen-bond donors (Lipinski definition) is 1. The average Bonchev–Trinajstić information content (AvgIpc) is 2.55. The molecule has 1 aromatic rings. The zero-order chi connectivity index (χ0) is 16.4. The van der Waals surface area contributed by atoms with E-state index >= 15 is 0 Å². The highest BCUT2D eigenvalue weighted by Gasteiger charge is 2.36. The van der Waals surface area contributed by atoms with E-state index in [-0.39, 0.29) is 0 Å². The van der Waals surface area contributed by atoms with Crippen LogP contribution >= 0.6 is 0 Å². The van der Waals surface area contributed by atoms with Crippen molar-refractivity contribution in [3.05, 3.63) is 30.3 Å². The van der Waals surface area contributed by atoms with Crippen molar-refractivity contribution in [2.75, 3.05) is 26.2 Å². The van der Waals surface area contributed by atoms with Crippen molar-refractivity contribution in [2.45, 2.75) is 49.8 Å². The Hall–Kier alpha value is -0.950. The highest BCUT2D eigenvalue weighted by Crippen LogP contribution is 2.20. The summed E-state index contributed by atoms with van der Waals surface area (Å²) in [5.74, 6) is 0. The largest absolute Gasteiger partial charge is 0.364 e. The summed E-state index contributed by atoms with van der Waals surface area (Å²) in [7, 11) is -3.34. The molecule has 0 aliphatic carbocycles. The fourth-order valence-electron chi connectivity index (χ4n) is 3.89. The second-order valence-electron chi connectivity index (χ2n) is 6.82. The van der Waals surface area contributed by atoms with Crippen LogP contribution in [0.1, 0.15) is 26.7 Å². The number of benzene rings is 1. The van der Waals surface area contributed by atoms with E-state index in [1.165, 1.54) is 0 Å². The van der Waals surface area contributed by atoms with E-state index in [1.807, 2.05) is 6.07 Å². The molecule has 1 aromatic carbocycles. The van der Waals surface area contributed by atoms with Gasteiger partial charge >= 0.3 is 0 Å². The van der Waals surface area contributed by atoms with Crippen LogP contribution in [0.25, 0.3) is 0 Å². The molecule has 2 aliphatic heterocycles. The standard InChI is InChI=1S/C17H26N2O3S/c1-14-12-18(13-15(2)22-14)16-8-10-19(11-9-16)23(20,21)17-6-4-3-5-7-17/h3-7,14-16H,8-13H2,1-2H3/p+1. The Labute approximate surface area is 139 Å². The van der Waals surface area contributed by atoms with Crippen LogP contribution in [-0.4, -0.2) is 57.2 Å². The van der Waals surface area contributed by atoms with E-state index in [2.05, 4.69) is 13.8 Å². The fourth-order valence-corrected chi connectivity index (χ4v) is 5.38. The van der Waals surface area contributed by atoms with Crippen molar-refractivity contribution in [1.82, 2.24) is 4.31 Å². The summed E-state index contributed by atoms with van der Waals surface area (Å²) in [5, 5.41) is 0. The highest BCUT2D eigenvalue weighted by molar-refractivity contribution is 7.89. The molecule has 23 heavy (non-hydrogen) atoms. The zero-order valence-corrected chi connectivity index (χ0v) is 14.8. The Morgan fingerprint density at radius 2 is 1.61 bits per heavy atom. The third-order valence-corrected chi connectivity index (χ3v) is 6.89. The predicted molar refractivity (Wildman–Crippen MR) is 88.9 cm³/mol. The van der Waals surface area contributed by atoms with Crippen LogP contribution in [0.3, 0.4) is 0 Å². The Balaban J connectivity index is 1.62. The molecule has 3 rings (SSSR count). The lowest BCUT2D eigenvalue weighted by atomic mass is 10.0. The maximum Gasteiger partial charge on any atom is 0.243 e. The molecule has 2 aliphatic rings. The first-order chi connectivity index (χ1) is 11.0. The van der Waals surface area contributed by atoms with Crippen LogP contribution in [0, 0.1) is 0 Å². The SMILES string of the molecule is CC1C[NH+](C2CCN(S(=O)(=O)c3ccccc3)CC2)CC(C)O1. The maximum absolute atomic E-state index is 12.7. The number of ether oxygens (including phenoxy) is 1. The molecular weight excluding hydrogens is 312 g/mol. The quantitative estimate of drug-likeness (QED) is 0.874. The molecule has 2 heterocycles. The van der Waals surface area contributed by atoms with E-state index in [0.29, 0.717) is 36.2 Å².